The van der Waals surface area contributed by atoms with Crippen LogP contribution in [0.25, 0.3) is 0 Å². The van der Waals surface area contributed by atoms with E-state index in [1.165, 1.54) is 39.1 Å². The molecule has 2 N–H and O–H groups in total. The monoisotopic (exact) mass is 313 g/mol. The Hall–Kier alpha value is -0.850. The van der Waals surface area contributed by atoms with E-state index in [0.29, 0.717) is 0 Å². The third kappa shape index (κ3) is 9.23. The lowest BCUT2D eigenvalue weighted by molar-refractivity contribution is 0.152. The topological polar surface area (TPSA) is 52.1 Å². The van der Waals surface area contributed by atoms with Crippen molar-refractivity contribution >= 4 is 5.96 Å². The molecule has 0 aromatic rings. The molecule has 1 aliphatic rings. The highest BCUT2D eigenvalue weighted by molar-refractivity contribution is 5.79. The van der Waals surface area contributed by atoms with E-state index in [9.17, 15) is 0 Å². The molecule has 0 saturated carbocycles. The van der Waals surface area contributed by atoms with Crippen LogP contribution in [0.15, 0.2) is 4.99 Å². The SMILES string of the molecule is CCNC(=NCCCCN1CCN(C)CC1)NCCOCC. The molecule has 6 heteroatoms. The van der Waals surface area contributed by atoms with Crippen molar-refractivity contribution < 1.29 is 4.74 Å². The third-order valence-electron chi connectivity index (χ3n) is 3.84. The van der Waals surface area contributed by atoms with E-state index in [4.69, 9.17) is 4.74 Å². The largest absolute Gasteiger partial charge is 0.380 e. The van der Waals surface area contributed by atoms with Crippen LogP contribution in [-0.4, -0.2) is 88.4 Å². The van der Waals surface area contributed by atoms with Gasteiger partial charge in [-0.2, -0.15) is 0 Å². The fourth-order valence-electron chi connectivity index (χ4n) is 2.44. The number of hydrogen-bond donors (Lipinski definition) is 2. The number of hydrogen-bond acceptors (Lipinski definition) is 4. The Labute approximate surface area is 136 Å². The van der Waals surface area contributed by atoms with Crippen LogP contribution in [-0.2, 0) is 4.74 Å². The summed E-state index contributed by atoms with van der Waals surface area (Å²) >= 11 is 0. The molecule has 0 atom stereocenters. The first kappa shape index (κ1) is 19.2. The van der Waals surface area contributed by atoms with Gasteiger partial charge in [0, 0.05) is 52.4 Å². The van der Waals surface area contributed by atoms with Gasteiger partial charge in [0.2, 0.25) is 0 Å². The van der Waals surface area contributed by atoms with Crippen molar-refractivity contribution in [3.63, 3.8) is 0 Å². The van der Waals surface area contributed by atoms with Crippen LogP contribution in [0.4, 0.5) is 0 Å². The number of rotatable bonds is 10. The van der Waals surface area contributed by atoms with Gasteiger partial charge in [-0.15, -0.1) is 0 Å². The smallest absolute Gasteiger partial charge is 0.191 e. The molecule has 0 bridgehead atoms. The molecular weight excluding hydrogens is 278 g/mol. The van der Waals surface area contributed by atoms with E-state index >= 15 is 0 Å². The average molecular weight is 313 g/mol. The zero-order chi connectivity index (χ0) is 16.0. The Bertz CT molecular complexity index is 290. The molecule has 130 valence electrons. The van der Waals surface area contributed by atoms with E-state index in [1.807, 2.05) is 6.92 Å². The van der Waals surface area contributed by atoms with Crippen molar-refractivity contribution in [2.75, 3.05) is 72.6 Å². The molecule has 1 heterocycles. The van der Waals surface area contributed by atoms with Crippen LogP contribution >= 0.6 is 0 Å². The molecule has 1 saturated heterocycles. The van der Waals surface area contributed by atoms with Crippen LogP contribution < -0.4 is 10.6 Å². The molecule has 0 aromatic heterocycles. The number of unbranched alkanes of at least 4 members (excludes halogenated alkanes) is 1. The number of ether oxygens (including phenoxy) is 1. The molecule has 0 spiro atoms. The summed E-state index contributed by atoms with van der Waals surface area (Å²) in [4.78, 5) is 9.58. The van der Waals surface area contributed by atoms with Crippen molar-refractivity contribution in [3.8, 4) is 0 Å². The lowest BCUT2D eigenvalue weighted by Gasteiger charge is -2.32. The van der Waals surface area contributed by atoms with Gasteiger partial charge in [-0.05, 0) is 40.3 Å². The lowest BCUT2D eigenvalue weighted by atomic mass is 10.2. The first-order valence-corrected chi connectivity index (χ1v) is 8.77. The maximum Gasteiger partial charge on any atom is 0.191 e. The second kappa shape index (κ2) is 12.7. The van der Waals surface area contributed by atoms with Gasteiger partial charge in [0.15, 0.2) is 5.96 Å². The first-order valence-electron chi connectivity index (χ1n) is 8.77. The Morgan fingerprint density at radius 3 is 2.55 bits per heavy atom. The van der Waals surface area contributed by atoms with E-state index in [0.717, 1.165) is 45.2 Å². The normalized spacial score (nSPS) is 17.7. The summed E-state index contributed by atoms with van der Waals surface area (Å²) in [5, 5.41) is 6.57. The van der Waals surface area contributed by atoms with E-state index in [2.05, 4.69) is 39.4 Å². The fraction of sp³-hybridized carbons (Fsp3) is 0.938. The minimum atomic E-state index is 0.727. The second-order valence-electron chi connectivity index (χ2n) is 5.74. The Kier molecular flexibility index (Phi) is 11.1. The summed E-state index contributed by atoms with van der Waals surface area (Å²) in [6.45, 7) is 14.2. The molecule has 0 aromatic carbocycles. The summed E-state index contributed by atoms with van der Waals surface area (Å²) in [5.74, 6) is 0.904. The van der Waals surface area contributed by atoms with Gasteiger partial charge in [-0.25, -0.2) is 0 Å². The molecule has 6 nitrogen and oxygen atoms in total. The molecule has 0 radical (unpaired) electrons. The van der Waals surface area contributed by atoms with Gasteiger partial charge in [-0.3, -0.25) is 4.99 Å². The highest BCUT2D eigenvalue weighted by Gasteiger charge is 2.12. The van der Waals surface area contributed by atoms with E-state index in [1.54, 1.807) is 0 Å². The number of guanidine groups is 1. The third-order valence-corrected chi connectivity index (χ3v) is 3.84. The van der Waals surface area contributed by atoms with Crippen LogP contribution in [0.5, 0.6) is 0 Å². The predicted molar refractivity (Wildman–Crippen MR) is 93.6 cm³/mol. The molecule has 1 rings (SSSR count). The quantitative estimate of drug-likeness (QED) is 0.351. The van der Waals surface area contributed by atoms with Crippen LogP contribution in [0.2, 0.25) is 0 Å². The van der Waals surface area contributed by atoms with Gasteiger partial charge in [0.25, 0.3) is 0 Å². The minimum absolute atomic E-state index is 0.727. The lowest BCUT2D eigenvalue weighted by Crippen LogP contribution is -2.44. The Balaban J connectivity index is 2.09. The van der Waals surface area contributed by atoms with E-state index < -0.39 is 0 Å². The predicted octanol–water partition coefficient (Wildman–Crippen LogP) is 0.606. The number of nitrogens with one attached hydrogen (secondary N) is 2. The van der Waals surface area contributed by atoms with Gasteiger partial charge in [-0.1, -0.05) is 0 Å². The van der Waals surface area contributed by atoms with E-state index in [-0.39, 0.29) is 0 Å². The van der Waals surface area contributed by atoms with Crippen LogP contribution in [0, 0.1) is 0 Å². The first-order chi connectivity index (χ1) is 10.8. The molecular formula is C16H35N5O. The summed E-state index contributed by atoms with van der Waals surface area (Å²) in [6.07, 6.45) is 2.37. The maximum absolute atomic E-state index is 5.33. The summed E-state index contributed by atoms with van der Waals surface area (Å²) < 4.78 is 5.33. The molecule has 0 amide bonds. The van der Waals surface area contributed by atoms with Crippen molar-refractivity contribution in [2.45, 2.75) is 26.7 Å². The molecule has 1 fully saturated rings. The van der Waals surface area contributed by atoms with Gasteiger partial charge < -0.3 is 25.2 Å². The van der Waals surface area contributed by atoms with Crippen LogP contribution in [0.1, 0.15) is 26.7 Å². The van der Waals surface area contributed by atoms with Gasteiger partial charge in [0.05, 0.1) is 6.61 Å². The Morgan fingerprint density at radius 1 is 1.09 bits per heavy atom. The molecule has 0 aliphatic carbocycles. The summed E-state index contributed by atoms with van der Waals surface area (Å²) in [6, 6.07) is 0. The second-order valence-corrected chi connectivity index (χ2v) is 5.74. The van der Waals surface area contributed by atoms with Gasteiger partial charge in [0.1, 0.15) is 0 Å². The van der Waals surface area contributed by atoms with Crippen molar-refractivity contribution in [1.29, 1.82) is 0 Å². The average Bonchev–Trinajstić information content (AvgIpc) is 2.53. The standard InChI is InChI=1S/C16H35N5O/c1-4-17-16(19-9-15-22-5-2)18-8-6-7-10-21-13-11-20(3)12-14-21/h4-15H2,1-3H3,(H2,17,18,19). The maximum atomic E-state index is 5.33. The van der Waals surface area contributed by atoms with Crippen LogP contribution in [0.3, 0.4) is 0 Å². The fourth-order valence-corrected chi connectivity index (χ4v) is 2.44. The van der Waals surface area contributed by atoms with Gasteiger partial charge >= 0.3 is 0 Å². The number of likely N-dealkylation sites (N-methyl/N-ethyl adjacent to an activating group) is 1. The van der Waals surface area contributed by atoms with Crippen molar-refractivity contribution in [3.05, 3.63) is 0 Å². The Morgan fingerprint density at radius 2 is 1.86 bits per heavy atom. The highest BCUT2D eigenvalue weighted by Crippen LogP contribution is 2.01. The zero-order valence-corrected chi connectivity index (χ0v) is 14.7. The summed E-state index contributed by atoms with van der Waals surface area (Å²) in [7, 11) is 2.20. The summed E-state index contributed by atoms with van der Waals surface area (Å²) in [5.41, 5.74) is 0. The zero-order valence-electron chi connectivity index (χ0n) is 14.7. The molecule has 1 aliphatic heterocycles. The minimum Gasteiger partial charge on any atom is -0.380 e. The number of nitrogens with zero attached hydrogens (tertiary/aromatic N) is 3. The van der Waals surface area contributed by atoms with Crippen molar-refractivity contribution in [2.24, 2.45) is 4.99 Å². The molecule has 0 unspecified atom stereocenters. The molecule has 22 heavy (non-hydrogen) atoms. The number of piperazine rings is 1. The van der Waals surface area contributed by atoms with Crippen molar-refractivity contribution in [1.82, 2.24) is 20.4 Å². The highest BCUT2D eigenvalue weighted by atomic mass is 16.5. The number of aliphatic imine (C=N–C) groups is 1.